The lowest BCUT2D eigenvalue weighted by atomic mass is 10.0. The summed E-state index contributed by atoms with van der Waals surface area (Å²) in [6.07, 6.45) is 4.95. The average Bonchev–Trinajstić information content (AvgIpc) is 2.42. The number of nitrogens with zero attached hydrogens (tertiary/aromatic N) is 3. The van der Waals surface area contributed by atoms with E-state index in [-0.39, 0.29) is 6.04 Å². The van der Waals surface area contributed by atoms with Gasteiger partial charge in [0.1, 0.15) is 6.04 Å². The number of pyridine rings is 1. The molecule has 1 aromatic heterocycles. The number of hydrogen-bond donors (Lipinski definition) is 1. The Labute approximate surface area is 113 Å². The molecule has 2 heterocycles. The average molecular weight is 263 g/mol. The van der Waals surface area contributed by atoms with Crippen LogP contribution in [0.5, 0.6) is 0 Å². The first-order chi connectivity index (χ1) is 9.16. The fraction of sp³-hybridized carbons (Fsp3) is 0.571. The SMILES string of the molecule is CN1CCN(C(CCc2cccnc2)C(=O)O)CC1. The van der Waals surface area contributed by atoms with Crippen LogP contribution in [0.3, 0.4) is 0 Å². The Morgan fingerprint density at radius 1 is 1.42 bits per heavy atom. The van der Waals surface area contributed by atoms with Crippen LogP contribution in [0.15, 0.2) is 24.5 Å². The normalized spacial score (nSPS) is 19.2. The highest BCUT2D eigenvalue weighted by Gasteiger charge is 2.27. The molecule has 1 atom stereocenters. The number of rotatable bonds is 5. The van der Waals surface area contributed by atoms with Gasteiger partial charge in [0, 0.05) is 38.6 Å². The van der Waals surface area contributed by atoms with Crippen LogP contribution in [0.1, 0.15) is 12.0 Å². The van der Waals surface area contributed by atoms with Crippen LogP contribution in [0.25, 0.3) is 0 Å². The van der Waals surface area contributed by atoms with Crippen LogP contribution in [0.2, 0.25) is 0 Å². The third-order valence-electron chi connectivity index (χ3n) is 3.69. The van der Waals surface area contributed by atoms with Gasteiger partial charge in [-0.2, -0.15) is 0 Å². The van der Waals surface area contributed by atoms with Gasteiger partial charge in [-0.3, -0.25) is 14.7 Å². The molecule has 1 fully saturated rings. The Hall–Kier alpha value is -1.46. The molecule has 0 aromatic carbocycles. The quantitative estimate of drug-likeness (QED) is 0.848. The molecule has 1 aromatic rings. The lowest BCUT2D eigenvalue weighted by molar-refractivity contribution is -0.144. The summed E-state index contributed by atoms with van der Waals surface area (Å²) < 4.78 is 0. The number of aryl methyl sites for hydroxylation is 1. The highest BCUT2D eigenvalue weighted by molar-refractivity contribution is 5.73. The van der Waals surface area contributed by atoms with Crippen LogP contribution >= 0.6 is 0 Å². The molecule has 104 valence electrons. The van der Waals surface area contributed by atoms with Crippen molar-refractivity contribution in [3.05, 3.63) is 30.1 Å². The van der Waals surface area contributed by atoms with E-state index in [9.17, 15) is 9.90 Å². The monoisotopic (exact) mass is 263 g/mol. The van der Waals surface area contributed by atoms with E-state index in [0.717, 1.165) is 38.2 Å². The number of carboxylic acids is 1. The minimum Gasteiger partial charge on any atom is -0.480 e. The van der Waals surface area contributed by atoms with E-state index in [1.165, 1.54) is 0 Å². The Morgan fingerprint density at radius 3 is 2.74 bits per heavy atom. The molecule has 1 saturated heterocycles. The van der Waals surface area contributed by atoms with E-state index >= 15 is 0 Å². The van der Waals surface area contributed by atoms with Gasteiger partial charge < -0.3 is 10.0 Å². The van der Waals surface area contributed by atoms with Gasteiger partial charge in [0.25, 0.3) is 0 Å². The van der Waals surface area contributed by atoms with Crippen LogP contribution in [-0.4, -0.2) is 65.1 Å². The van der Waals surface area contributed by atoms with Crippen LogP contribution in [0.4, 0.5) is 0 Å². The number of carbonyl (C=O) groups is 1. The molecule has 1 aliphatic heterocycles. The molecular formula is C14H21N3O2. The van der Waals surface area contributed by atoms with E-state index in [4.69, 9.17) is 0 Å². The molecule has 0 bridgehead atoms. The summed E-state index contributed by atoms with van der Waals surface area (Å²) in [5, 5.41) is 9.40. The predicted octanol–water partition coefficient (Wildman–Crippen LogP) is 0.715. The summed E-state index contributed by atoms with van der Waals surface area (Å²) in [4.78, 5) is 19.8. The molecule has 0 saturated carbocycles. The second kappa shape index (κ2) is 6.63. The van der Waals surface area contributed by atoms with E-state index in [2.05, 4.69) is 21.8 Å². The summed E-state index contributed by atoms with van der Waals surface area (Å²) >= 11 is 0. The molecule has 1 unspecified atom stereocenters. The molecule has 2 rings (SSSR count). The smallest absolute Gasteiger partial charge is 0.320 e. The number of carboxylic acid groups (broad SMARTS) is 1. The van der Waals surface area contributed by atoms with Crippen LogP contribution in [0, 0.1) is 0 Å². The molecule has 5 heteroatoms. The van der Waals surface area contributed by atoms with Gasteiger partial charge in [0.05, 0.1) is 0 Å². The molecule has 0 radical (unpaired) electrons. The fourth-order valence-electron chi connectivity index (χ4n) is 2.45. The van der Waals surface area contributed by atoms with Crippen molar-refractivity contribution in [3.8, 4) is 0 Å². The highest BCUT2D eigenvalue weighted by Crippen LogP contribution is 2.12. The van der Waals surface area contributed by atoms with Crippen LogP contribution in [-0.2, 0) is 11.2 Å². The maximum atomic E-state index is 11.4. The molecule has 5 nitrogen and oxygen atoms in total. The number of piperazine rings is 1. The zero-order chi connectivity index (χ0) is 13.7. The van der Waals surface area contributed by atoms with Crippen molar-refractivity contribution in [3.63, 3.8) is 0 Å². The first-order valence-corrected chi connectivity index (χ1v) is 6.71. The summed E-state index contributed by atoms with van der Waals surface area (Å²) in [6.45, 7) is 3.55. The van der Waals surface area contributed by atoms with Gasteiger partial charge in [0.2, 0.25) is 0 Å². The highest BCUT2D eigenvalue weighted by atomic mass is 16.4. The molecule has 0 aliphatic carbocycles. The lowest BCUT2D eigenvalue weighted by Gasteiger charge is -2.36. The molecule has 19 heavy (non-hydrogen) atoms. The minimum absolute atomic E-state index is 0.381. The Bertz CT molecular complexity index is 402. The number of likely N-dealkylation sites (N-methyl/N-ethyl adjacent to an activating group) is 1. The van der Waals surface area contributed by atoms with Gasteiger partial charge in [-0.15, -0.1) is 0 Å². The van der Waals surface area contributed by atoms with Gasteiger partial charge in [-0.1, -0.05) is 6.07 Å². The zero-order valence-corrected chi connectivity index (χ0v) is 11.3. The van der Waals surface area contributed by atoms with Crippen molar-refractivity contribution >= 4 is 5.97 Å². The van der Waals surface area contributed by atoms with Gasteiger partial charge in [-0.25, -0.2) is 0 Å². The zero-order valence-electron chi connectivity index (χ0n) is 11.3. The topological polar surface area (TPSA) is 56.7 Å². The van der Waals surface area contributed by atoms with Crippen molar-refractivity contribution < 1.29 is 9.90 Å². The molecule has 1 aliphatic rings. The van der Waals surface area contributed by atoms with Crippen molar-refractivity contribution in [1.29, 1.82) is 0 Å². The van der Waals surface area contributed by atoms with Gasteiger partial charge >= 0.3 is 5.97 Å². The third-order valence-corrected chi connectivity index (χ3v) is 3.69. The second-order valence-electron chi connectivity index (χ2n) is 5.09. The summed E-state index contributed by atoms with van der Waals surface area (Å²) in [6, 6.07) is 3.51. The van der Waals surface area contributed by atoms with Crippen molar-refractivity contribution in [2.24, 2.45) is 0 Å². The van der Waals surface area contributed by atoms with E-state index in [1.54, 1.807) is 6.20 Å². The fourth-order valence-corrected chi connectivity index (χ4v) is 2.45. The molecule has 0 spiro atoms. The first kappa shape index (κ1) is 14.0. The van der Waals surface area contributed by atoms with E-state index in [0.29, 0.717) is 6.42 Å². The summed E-state index contributed by atoms with van der Waals surface area (Å²) in [5.41, 5.74) is 1.10. The van der Waals surface area contributed by atoms with Crippen LogP contribution < -0.4 is 0 Å². The lowest BCUT2D eigenvalue weighted by Crippen LogP contribution is -2.51. The van der Waals surface area contributed by atoms with Gasteiger partial charge in [0.15, 0.2) is 0 Å². The first-order valence-electron chi connectivity index (χ1n) is 6.71. The Balaban J connectivity index is 1.91. The maximum absolute atomic E-state index is 11.4. The minimum atomic E-state index is -0.714. The summed E-state index contributed by atoms with van der Waals surface area (Å²) in [5.74, 6) is -0.714. The standard InChI is InChI=1S/C14H21N3O2/c1-16-7-9-17(10-8-16)13(14(18)19)5-4-12-3-2-6-15-11-12/h2-3,6,11,13H,4-5,7-10H2,1H3,(H,18,19). The second-order valence-corrected chi connectivity index (χ2v) is 5.09. The number of aliphatic carboxylic acids is 1. The molecular weight excluding hydrogens is 242 g/mol. The largest absolute Gasteiger partial charge is 0.480 e. The Kier molecular flexibility index (Phi) is 4.87. The third kappa shape index (κ3) is 4.01. The number of aromatic nitrogens is 1. The van der Waals surface area contributed by atoms with Gasteiger partial charge in [-0.05, 0) is 31.5 Å². The summed E-state index contributed by atoms with van der Waals surface area (Å²) in [7, 11) is 2.07. The predicted molar refractivity (Wildman–Crippen MR) is 73.1 cm³/mol. The molecule has 0 amide bonds. The van der Waals surface area contributed by atoms with Crippen molar-refractivity contribution in [1.82, 2.24) is 14.8 Å². The Morgan fingerprint density at radius 2 is 2.16 bits per heavy atom. The van der Waals surface area contributed by atoms with Crippen molar-refractivity contribution in [2.45, 2.75) is 18.9 Å². The number of hydrogen-bond acceptors (Lipinski definition) is 4. The van der Waals surface area contributed by atoms with E-state index < -0.39 is 5.97 Å². The van der Waals surface area contributed by atoms with E-state index in [1.807, 2.05) is 18.3 Å². The molecule has 1 N–H and O–H groups in total. The maximum Gasteiger partial charge on any atom is 0.320 e. The van der Waals surface area contributed by atoms with Crippen molar-refractivity contribution in [2.75, 3.05) is 33.2 Å².